The van der Waals surface area contributed by atoms with Crippen molar-refractivity contribution in [3.63, 3.8) is 0 Å². The fourth-order valence-corrected chi connectivity index (χ4v) is 2.88. The lowest BCUT2D eigenvalue weighted by Crippen LogP contribution is -2.53. The maximum atomic E-state index is 12.1. The van der Waals surface area contributed by atoms with E-state index in [-0.39, 0.29) is 31.0 Å². The standard InChI is InChI=1S/C15H19N3O4.ClH/c19-14-10-22-13-4-2-1-3-12(13)18(14)7-5-11-9-17(15(20)21)8-6-16-11;/h1-4,11,16H,5-10H2,(H,20,21);1H/t11-;/m1./s1. The van der Waals surface area contributed by atoms with Crippen LogP contribution in [0.15, 0.2) is 24.3 Å². The van der Waals surface area contributed by atoms with Gasteiger partial charge in [-0.1, -0.05) is 12.1 Å². The van der Waals surface area contributed by atoms with E-state index in [0.29, 0.717) is 38.3 Å². The van der Waals surface area contributed by atoms with Gasteiger partial charge in [0.15, 0.2) is 6.61 Å². The Hall–Kier alpha value is -1.99. The molecule has 1 aromatic rings. The molecule has 3 rings (SSSR count). The molecule has 8 heteroatoms. The number of benzene rings is 1. The Bertz CT molecular complexity index is 584. The minimum Gasteiger partial charge on any atom is -0.482 e. The first-order valence-corrected chi connectivity index (χ1v) is 7.38. The van der Waals surface area contributed by atoms with E-state index in [1.807, 2.05) is 24.3 Å². The van der Waals surface area contributed by atoms with Crippen molar-refractivity contribution >= 4 is 30.1 Å². The highest BCUT2D eigenvalue weighted by molar-refractivity contribution is 5.97. The lowest BCUT2D eigenvalue weighted by Gasteiger charge is -2.34. The summed E-state index contributed by atoms with van der Waals surface area (Å²) >= 11 is 0. The molecule has 0 aliphatic carbocycles. The van der Waals surface area contributed by atoms with E-state index in [4.69, 9.17) is 9.84 Å². The molecule has 1 aromatic carbocycles. The minimum atomic E-state index is -0.890. The van der Waals surface area contributed by atoms with Crippen LogP contribution in [0.3, 0.4) is 0 Å². The zero-order valence-corrected chi connectivity index (χ0v) is 13.4. The van der Waals surface area contributed by atoms with E-state index >= 15 is 0 Å². The number of anilines is 1. The second-order valence-electron chi connectivity index (χ2n) is 5.47. The first-order chi connectivity index (χ1) is 10.6. The molecule has 2 aliphatic heterocycles. The molecule has 1 fully saturated rings. The van der Waals surface area contributed by atoms with Crippen molar-refractivity contribution in [2.24, 2.45) is 0 Å². The van der Waals surface area contributed by atoms with Gasteiger partial charge in [-0.05, 0) is 18.6 Å². The summed E-state index contributed by atoms with van der Waals surface area (Å²) in [5.41, 5.74) is 0.782. The summed E-state index contributed by atoms with van der Waals surface area (Å²) in [7, 11) is 0. The average Bonchev–Trinajstić information content (AvgIpc) is 2.54. The third-order valence-electron chi connectivity index (χ3n) is 4.04. The van der Waals surface area contributed by atoms with Crippen LogP contribution in [0.5, 0.6) is 5.75 Å². The molecule has 1 saturated heterocycles. The van der Waals surface area contributed by atoms with Gasteiger partial charge in [0.2, 0.25) is 0 Å². The predicted octanol–water partition coefficient (Wildman–Crippen LogP) is 1.18. The summed E-state index contributed by atoms with van der Waals surface area (Å²) in [5, 5.41) is 12.4. The summed E-state index contributed by atoms with van der Waals surface area (Å²) in [6.07, 6.45) is -0.191. The van der Waals surface area contributed by atoms with Gasteiger partial charge in [-0.25, -0.2) is 4.79 Å². The largest absolute Gasteiger partial charge is 0.482 e. The number of hydrogen-bond donors (Lipinski definition) is 2. The number of para-hydroxylation sites is 2. The van der Waals surface area contributed by atoms with Gasteiger partial charge in [-0.3, -0.25) is 4.79 Å². The highest BCUT2D eigenvalue weighted by Crippen LogP contribution is 2.31. The molecule has 126 valence electrons. The van der Waals surface area contributed by atoms with Crippen molar-refractivity contribution in [2.45, 2.75) is 12.5 Å². The third kappa shape index (κ3) is 3.86. The van der Waals surface area contributed by atoms with Crippen molar-refractivity contribution < 1.29 is 19.4 Å². The summed E-state index contributed by atoms with van der Waals surface area (Å²) in [5.74, 6) is 0.649. The highest BCUT2D eigenvalue weighted by atomic mass is 35.5. The monoisotopic (exact) mass is 341 g/mol. The molecular formula is C15H20ClN3O4. The van der Waals surface area contributed by atoms with Gasteiger partial charge < -0.3 is 25.0 Å². The fourth-order valence-electron chi connectivity index (χ4n) is 2.88. The van der Waals surface area contributed by atoms with Gasteiger partial charge in [0.1, 0.15) is 5.75 Å². The predicted molar refractivity (Wildman–Crippen MR) is 87.5 cm³/mol. The van der Waals surface area contributed by atoms with Crippen LogP contribution in [0.25, 0.3) is 0 Å². The van der Waals surface area contributed by atoms with Gasteiger partial charge in [0.25, 0.3) is 5.91 Å². The molecule has 2 aliphatic rings. The molecule has 2 heterocycles. The third-order valence-corrected chi connectivity index (χ3v) is 4.04. The molecule has 23 heavy (non-hydrogen) atoms. The molecule has 0 aromatic heterocycles. The van der Waals surface area contributed by atoms with Gasteiger partial charge in [-0.15, -0.1) is 12.4 Å². The first-order valence-electron chi connectivity index (χ1n) is 7.38. The van der Waals surface area contributed by atoms with Crippen LogP contribution in [0.1, 0.15) is 6.42 Å². The van der Waals surface area contributed by atoms with Gasteiger partial charge >= 0.3 is 6.09 Å². The Labute approximate surface area is 140 Å². The summed E-state index contributed by atoms with van der Waals surface area (Å²) < 4.78 is 5.41. The van der Waals surface area contributed by atoms with Crippen molar-refractivity contribution in [1.29, 1.82) is 0 Å². The van der Waals surface area contributed by atoms with Crippen molar-refractivity contribution in [2.75, 3.05) is 37.7 Å². The van der Waals surface area contributed by atoms with Crippen molar-refractivity contribution in [1.82, 2.24) is 10.2 Å². The number of nitrogens with zero attached hydrogens (tertiary/aromatic N) is 2. The molecule has 7 nitrogen and oxygen atoms in total. The average molecular weight is 342 g/mol. The molecular weight excluding hydrogens is 322 g/mol. The number of hydrogen-bond acceptors (Lipinski definition) is 4. The van der Waals surface area contributed by atoms with Crippen LogP contribution in [-0.2, 0) is 4.79 Å². The Balaban J connectivity index is 0.00000192. The SMILES string of the molecule is Cl.O=C(O)N1CCN[C@H](CCN2C(=O)COc3ccccc32)C1. The summed E-state index contributed by atoms with van der Waals surface area (Å²) in [4.78, 5) is 26.3. The van der Waals surface area contributed by atoms with Crippen LogP contribution in [0.4, 0.5) is 10.5 Å². The summed E-state index contributed by atoms with van der Waals surface area (Å²) in [6, 6.07) is 7.52. The van der Waals surface area contributed by atoms with E-state index in [1.54, 1.807) is 4.90 Å². The van der Waals surface area contributed by atoms with Gasteiger partial charge in [0, 0.05) is 32.2 Å². The molecule has 2 N–H and O–H groups in total. The number of ether oxygens (including phenoxy) is 1. The number of carbonyl (C=O) groups excluding carboxylic acids is 1. The quantitative estimate of drug-likeness (QED) is 0.862. The van der Waals surface area contributed by atoms with Crippen LogP contribution in [0, 0.1) is 0 Å². The number of carboxylic acid groups (broad SMARTS) is 1. The number of fused-ring (bicyclic) bond motifs is 1. The zero-order chi connectivity index (χ0) is 15.5. The Kier molecular flexibility index (Phi) is 5.68. The molecule has 0 saturated carbocycles. The van der Waals surface area contributed by atoms with Crippen molar-refractivity contribution in [3.05, 3.63) is 24.3 Å². The molecule has 0 unspecified atom stereocenters. The van der Waals surface area contributed by atoms with Crippen LogP contribution in [0.2, 0.25) is 0 Å². The van der Waals surface area contributed by atoms with Crippen LogP contribution >= 0.6 is 12.4 Å². The van der Waals surface area contributed by atoms with Gasteiger partial charge in [-0.2, -0.15) is 0 Å². The van der Waals surface area contributed by atoms with Gasteiger partial charge in [0.05, 0.1) is 5.69 Å². The van der Waals surface area contributed by atoms with E-state index in [0.717, 1.165) is 5.69 Å². The lowest BCUT2D eigenvalue weighted by atomic mass is 10.1. The molecule has 1 atom stereocenters. The van der Waals surface area contributed by atoms with E-state index in [9.17, 15) is 9.59 Å². The summed E-state index contributed by atoms with van der Waals surface area (Å²) in [6.45, 7) is 2.20. The first kappa shape index (κ1) is 17.4. The number of halogens is 1. The van der Waals surface area contributed by atoms with E-state index in [2.05, 4.69) is 5.32 Å². The van der Waals surface area contributed by atoms with E-state index < -0.39 is 6.09 Å². The maximum Gasteiger partial charge on any atom is 0.407 e. The highest BCUT2D eigenvalue weighted by Gasteiger charge is 2.27. The molecule has 0 bridgehead atoms. The van der Waals surface area contributed by atoms with E-state index in [1.165, 1.54) is 4.90 Å². The number of nitrogens with one attached hydrogen (secondary N) is 1. The number of rotatable bonds is 3. The number of amides is 2. The maximum absolute atomic E-state index is 12.1. The smallest absolute Gasteiger partial charge is 0.407 e. The normalized spacial score (nSPS) is 20.3. The topological polar surface area (TPSA) is 82.1 Å². The van der Waals surface area contributed by atoms with Crippen LogP contribution in [-0.4, -0.2) is 60.8 Å². The fraction of sp³-hybridized carbons (Fsp3) is 0.467. The molecule has 2 amide bonds. The second-order valence-corrected chi connectivity index (χ2v) is 5.47. The number of piperazine rings is 1. The molecule has 0 radical (unpaired) electrons. The zero-order valence-electron chi connectivity index (χ0n) is 12.6. The Morgan fingerprint density at radius 1 is 1.39 bits per heavy atom. The Morgan fingerprint density at radius 3 is 2.96 bits per heavy atom. The van der Waals surface area contributed by atoms with Crippen molar-refractivity contribution in [3.8, 4) is 5.75 Å². The Morgan fingerprint density at radius 2 is 2.17 bits per heavy atom. The lowest BCUT2D eigenvalue weighted by molar-refractivity contribution is -0.121. The second kappa shape index (κ2) is 7.52. The minimum absolute atomic E-state index is 0. The number of carbonyl (C=O) groups is 2. The molecule has 0 spiro atoms. The van der Waals surface area contributed by atoms with Crippen LogP contribution < -0.4 is 15.0 Å².